The van der Waals surface area contributed by atoms with Gasteiger partial charge in [0.15, 0.2) is 0 Å². The highest BCUT2D eigenvalue weighted by Crippen LogP contribution is 2.11. The second kappa shape index (κ2) is 7.35. The molecular weight excluding hydrogens is 252 g/mol. The molecule has 0 radical (unpaired) electrons. The van der Waals surface area contributed by atoms with E-state index in [2.05, 4.69) is 10.0 Å². The van der Waals surface area contributed by atoms with E-state index >= 15 is 0 Å². The normalized spacial score (nSPS) is 11.4. The van der Waals surface area contributed by atoms with Crippen LogP contribution in [0.15, 0.2) is 24.3 Å². The van der Waals surface area contributed by atoms with Gasteiger partial charge in [0.2, 0.25) is 10.0 Å². The van der Waals surface area contributed by atoms with Crippen molar-refractivity contribution in [3.8, 4) is 0 Å². The lowest BCUT2D eigenvalue weighted by atomic mass is 10.2. The van der Waals surface area contributed by atoms with E-state index in [1.807, 2.05) is 19.2 Å². The van der Waals surface area contributed by atoms with Crippen LogP contribution in [0.25, 0.3) is 0 Å². The minimum absolute atomic E-state index is 0.0686. The average molecular weight is 272 g/mol. The first-order valence-corrected chi connectivity index (χ1v) is 7.45. The van der Waals surface area contributed by atoms with Crippen molar-refractivity contribution in [1.29, 1.82) is 0 Å². The van der Waals surface area contributed by atoms with Gasteiger partial charge in [-0.3, -0.25) is 4.72 Å². The van der Waals surface area contributed by atoms with E-state index in [-0.39, 0.29) is 5.75 Å². The highest BCUT2D eigenvalue weighted by Gasteiger charge is 2.09. The first kappa shape index (κ1) is 14.9. The van der Waals surface area contributed by atoms with Crippen LogP contribution in [0.4, 0.5) is 5.69 Å². The van der Waals surface area contributed by atoms with E-state index in [0.29, 0.717) is 18.7 Å². The Kier molecular flexibility index (Phi) is 6.11. The molecule has 0 atom stereocenters. The van der Waals surface area contributed by atoms with Gasteiger partial charge >= 0.3 is 0 Å². The highest BCUT2D eigenvalue weighted by molar-refractivity contribution is 7.92. The molecule has 0 saturated heterocycles. The summed E-state index contributed by atoms with van der Waals surface area (Å²) in [5.41, 5.74) is 1.70. The molecule has 6 heteroatoms. The number of hydrogen-bond acceptors (Lipinski definition) is 4. The maximum Gasteiger partial charge on any atom is 0.232 e. The van der Waals surface area contributed by atoms with Gasteiger partial charge in [-0.15, -0.1) is 0 Å². The van der Waals surface area contributed by atoms with Crippen molar-refractivity contribution < 1.29 is 13.2 Å². The zero-order chi connectivity index (χ0) is 13.4. The van der Waals surface area contributed by atoms with Gasteiger partial charge in [0.05, 0.1) is 5.75 Å². The Morgan fingerprint density at radius 3 is 2.44 bits per heavy atom. The number of rotatable bonds is 8. The summed E-state index contributed by atoms with van der Waals surface area (Å²) in [5.74, 6) is 0.0686. The van der Waals surface area contributed by atoms with Crippen molar-refractivity contribution in [3.05, 3.63) is 29.8 Å². The van der Waals surface area contributed by atoms with Gasteiger partial charge in [0.1, 0.15) is 0 Å². The number of benzene rings is 1. The molecule has 1 rings (SSSR count). The summed E-state index contributed by atoms with van der Waals surface area (Å²) in [6, 6.07) is 7.31. The topological polar surface area (TPSA) is 67.4 Å². The van der Waals surface area contributed by atoms with Crippen LogP contribution in [0.5, 0.6) is 0 Å². The lowest BCUT2D eigenvalue weighted by Gasteiger charge is -2.08. The Labute approximate surface area is 109 Å². The molecule has 18 heavy (non-hydrogen) atoms. The lowest BCUT2D eigenvalue weighted by molar-refractivity contribution is 0.199. The summed E-state index contributed by atoms with van der Waals surface area (Å²) in [6.07, 6.45) is 0.490. The second-order valence-electron chi connectivity index (χ2n) is 3.99. The Hall–Kier alpha value is -1.11. The van der Waals surface area contributed by atoms with E-state index < -0.39 is 10.0 Å². The minimum atomic E-state index is -3.28. The molecule has 0 bridgehead atoms. The fraction of sp³-hybridized carbons (Fsp3) is 0.500. The Balaban J connectivity index is 2.55. The standard InChI is InChI=1S/C12H20N2O3S/c1-13-10-11-4-6-12(7-5-11)14-18(15,16)9-3-8-17-2/h4-7,13-14H,3,8-10H2,1-2H3. The second-order valence-corrected chi connectivity index (χ2v) is 5.84. The predicted octanol–water partition coefficient (Wildman–Crippen LogP) is 1.18. The van der Waals surface area contributed by atoms with E-state index in [1.165, 1.54) is 0 Å². The third-order valence-electron chi connectivity index (χ3n) is 2.37. The molecule has 1 aromatic carbocycles. The van der Waals surface area contributed by atoms with E-state index in [4.69, 9.17) is 4.74 Å². The van der Waals surface area contributed by atoms with Crippen LogP contribution < -0.4 is 10.0 Å². The first-order valence-electron chi connectivity index (χ1n) is 5.80. The van der Waals surface area contributed by atoms with Gasteiger partial charge < -0.3 is 10.1 Å². The summed E-state index contributed by atoms with van der Waals surface area (Å²) in [7, 11) is 0.146. The third kappa shape index (κ3) is 5.48. The molecule has 0 spiro atoms. The largest absolute Gasteiger partial charge is 0.385 e. The zero-order valence-corrected chi connectivity index (χ0v) is 11.6. The van der Waals surface area contributed by atoms with Gasteiger partial charge in [0.25, 0.3) is 0 Å². The molecule has 5 nitrogen and oxygen atoms in total. The van der Waals surface area contributed by atoms with Crippen molar-refractivity contribution in [1.82, 2.24) is 5.32 Å². The molecule has 0 aliphatic heterocycles. The van der Waals surface area contributed by atoms with Crippen LogP contribution in [-0.4, -0.2) is 34.9 Å². The molecule has 0 heterocycles. The first-order chi connectivity index (χ1) is 8.57. The van der Waals surface area contributed by atoms with Crippen molar-refractivity contribution in [2.75, 3.05) is 31.2 Å². The number of methoxy groups -OCH3 is 1. The van der Waals surface area contributed by atoms with Crippen molar-refractivity contribution in [3.63, 3.8) is 0 Å². The summed E-state index contributed by atoms with van der Waals surface area (Å²) in [6.45, 7) is 1.21. The number of nitrogens with one attached hydrogen (secondary N) is 2. The lowest BCUT2D eigenvalue weighted by Crippen LogP contribution is -2.17. The van der Waals surface area contributed by atoms with Gasteiger partial charge in [-0.1, -0.05) is 12.1 Å². The van der Waals surface area contributed by atoms with Gasteiger partial charge in [-0.25, -0.2) is 8.42 Å². The van der Waals surface area contributed by atoms with Crippen LogP contribution in [0.3, 0.4) is 0 Å². The molecular formula is C12H20N2O3S. The van der Waals surface area contributed by atoms with E-state index in [0.717, 1.165) is 12.1 Å². The van der Waals surface area contributed by atoms with Gasteiger partial charge in [0, 0.05) is 25.9 Å². The number of sulfonamides is 1. The summed E-state index contributed by atoms with van der Waals surface area (Å²) >= 11 is 0. The average Bonchev–Trinajstić information content (AvgIpc) is 2.32. The SMILES string of the molecule is CNCc1ccc(NS(=O)(=O)CCCOC)cc1. The summed E-state index contributed by atoms with van der Waals surface area (Å²) in [5, 5.41) is 3.03. The molecule has 0 unspecified atom stereocenters. The van der Waals surface area contributed by atoms with Crippen LogP contribution in [0.1, 0.15) is 12.0 Å². The quantitative estimate of drug-likeness (QED) is 0.697. The monoisotopic (exact) mass is 272 g/mol. The summed E-state index contributed by atoms with van der Waals surface area (Å²) in [4.78, 5) is 0. The molecule has 0 aliphatic carbocycles. The smallest absolute Gasteiger partial charge is 0.232 e. The van der Waals surface area contributed by atoms with Crippen molar-refractivity contribution in [2.45, 2.75) is 13.0 Å². The zero-order valence-electron chi connectivity index (χ0n) is 10.8. The summed E-state index contributed by atoms with van der Waals surface area (Å²) < 4.78 is 30.8. The van der Waals surface area contributed by atoms with Crippen LogP contribution in [0.2, 0.25) is 0 Å². The molecule has 0 fully saturated rings. The fourth-order valence-corrected chi connectivity index (χ4v) is 2.61. The van der Waals surface area contributed by atoms with Crippen molar-refractivity contribution >= 4 is 15.7 Å². The maximum absolute atomic E-state index is 11.7. The molecule has 1 aromatic rings. The molecule has 0 saturated carbocycles. The van der Waals surface area contributed by atoms with Gasteiger partial charge in [-0.05, 0) is 31.2 Å². The predicted molar refractivity (Wildman–Crippen MR) is 73.1 cm³/mol. The molecule has 0 aromatic heterocycles. The minimum Gasteiger partial charge on any atom is -0.385 e. The Bertz CT molecular complexity index is 443. The third-order valence-corrected chi connectivity index (χ3v) is 3.74. The van der Waals surface area contributed by atoms with Crippen molar-refractivity contribution in [2.24, 2.45) is 0 Å². The van der Waals surface area contributed by atoms with Crippen LogP contribution in [-0.2, 0) is 21.3 Å². The van der Waals surface area contributed by atoms with E-state index in [1.54, 1.807) is 19.2 Å². The molecule has 0 aliphatic rings. The maximum atomic E-state index is 11.7. The number of hydrogen-bond donors (Lipinski definition) is 2. The Morgan fingerprint density at radius 1 is 1.22 bits per heavy atom. The van der Waals surface area contributed by atoms with E-state index in [9.17, 15) is 8.42 Å². The fourth-order valence-electron chi connectivity index (χ4n) is 1.52. The molecule has 0 amide bonds. The Morgan fingerprint density at radius 2 is 1.89 bits per heavy atom. The molecule has 2 N–H and O–H groups in total. The van der Waals surface area contributed by atoms with Crippen LogP contribution in [0, 0.1) is 0 Å². The number of anilines is 1. The van der Waals surface area contributed by atoms with Crippen LogP contribution >= 0.6 is 0 Å². The van der Waals surface area contributed by atoms with Gasteiger partial charge in [-0.2, -0.15) is 0 Å². The number of ether oxygens (including phenoxy) is 1. The molecule has 102 valence electrons. The highest BCUT2D eigenvalue weighted by atomic mass is 32.2.